The van der Waals surface area contributed by atoms with Crippen LogP contribution in [-0.4, -0.2) is 14.8 Å². The van der Waals surface area contributed by atoms with Crippen molar-refractivity contribution in [2.45, 2.75) is 12.1 Å². The molecule has 0 amide bonds. The van der Waals surface area contributed by atoms with E-state index < -0.39 is 0 Å². The lowest BCUT2D eigenvalue weighted by Gasteiger charge is -2.38. The van der Waals surface area contributed by atoms with Crippen LogP contribution in [-0.2, 0) is 0 Å². The van der Waals surface area contributed by atoms with Crippen LogP contribution in [0.2, 0.25) is 0 Å². The van der Waals surface area contributed by atoms with Crippen LogP contribution in [0.15, 0.2) is 77.9 Å². The fourth-order valence-corrected chi connectivity index (χ4v) is 4.88. The van der Waals surface area contributed by atoms with Gasteiger partial charge in [0.15, 0.2) is 0 Å². The molecule has 2 aromatic carbocycles. The quantitative estimate of drug-likeness (QED) is 0.510. The monoisotopic (exact) mass is 402 g/mol. The van der Waals surface area contributed by atoms with Crippen molar-refractivity contribution in [3.05, 3.63) is 99.8 Å². The second-order valence-electron chi connectivity index (χ2n) is 6.95. The molecule has 2 atom stereocenters. The van der Waals surface area contributed by atoms with E-state index in [0.29, 0.717) is 5.95 Å². The highest BCUT2D eigenvalue weighted by Gasteiger charge is 2.41. The van der Waals surface area contributed by atoms with Crippen LogP contribution in [0.1, 0.15) is 28.1 Å². The van der Waals surface area contributed by atoms with Gasteiger partial charge in [-0.3, -0.25) is 0 Å². The SMILES string of the molecule is Fc1ccc([C@@H]2Oc3ccccc3C3=C2[C@@H](c2cccs2)n2ncnc2N3)cc1. The number of para-hydroxylation sites is 1. The number of hydrogen-bond donors (Lipinski definition) is 1. The van der Waals surface area contributed by atoms with Crippen LogP contribution < -0.4 is 10.1 Å². The lowest BCUT2D eigenvalue weighted by atomic mass is 9.87. The van der Waals surface area contributed by atoms with Crippen LogP contribution in [0, 0.1) is 5.82 Å². The van der Waals surface area contributed by atoms with Gasteiger partial charge in [0.25, 0.3) is 0 Å². The third kappa shape index (κ3) is 2.51. The van der Waals surface area contributed by atoms with E-state index in [4.69, 9.17) is 4.74 Å². The van der Waals surface area contributed by atoms with Crippen LogP contribution in [0.25, 0.3) is 5.70 Å². The number of hydrogen-bond acceptors (Lipinski definition) is 5. The standard InChI is InChI=1S/C22H15FN4OS/c23-14-9-7-13(8-10-14)21-18-19(15-4-1-2-5-16(15)28-21)26-22-24-12-25-27(22)20(18)17-6-3-11-29-17/h1-12,20-21H,(H,24,25,26)/t20-,21+/m1/s1. The second kappa shape index (κ2) is 6.28. The van der Waals surface area contributed by atoms with E-state index in [-0.39, 0.29) is 18.0 Å². The number of nitrogens with zero attached hydrogens (tertiary/aromatic N) is 3. The van der Waals surface area contributed by atoms with Crippen LogP contribution in [0.3, 0.4) is 0 Å². The maximum absolute atomic E-state index is 13.6. The first-order chi connectivity index (χ1) is 14.3. The summed E-state index contributed by atoms with van der Waals surface area (Å²) in [5.41, 5.74) is 3.88. The van der Waals surface area contributed by atoms with Gasteiger partial charge in [-0.15, -0.1) is 11.3 Å². The molecule has 6 rings (SSSR count). The van der Waals surface area contributed by atoms with Gasteiger partial charge in [0.05, 0.1) is 5.70 Å². The first kappa shape index (κ1) is 16.5. The highest BCUT2D eigenvalue weighted by atomic mass is 32.1. The minimum atomic E-state index is -0.377. The molecule has 0 bridgehead atoms. The van der Waals surface area contributed by atoms with Gasteiger partial charge < -0.3 is 10.1 Å². The number of benzene rings is 2. The Kier molecular flexibility index (Phi) is 3.57. The zero-order valence-electron chi connectivity index (χ0n) is 15.1. The Balaban J connectivity index is 1.63. The summed E-state index contributed by atoms with van der Waals surface area (Å²) in [6.07, 6.45) is 1.18. The summed E-state index contributed by atoms with van der Waals surface area (Å²) in [4.78, 5) is 5.55. The minimum Gasteiger partial charge on any atom is -0.480 e. The molecule has 0 fully saturated rings. The van der Waals surface area contributed by atoms with Gasteiger partial charge >= 0.3 is 0 Å². The average molecular weight is 402 g/mol. The second-order valence-corrected chi connectivity index (χ2v) is 7.93. The van der Waals surface area contributed by atoms with Crippen molar-refractivity contribution in [3.8, 4) is 5.75 Å². The van der Waals surface area contributed by atoms with Gasteiger partial charge in [-0.05, 0) is 41.3 Å². The zero-order valence-corrected chi connectivity index (χ0v) is 15.9. The molecule has 4 heterocycles. The molecule has 0 saturated carbocycles. The first-order valence-corrected chi connectivity index (χ1v) is 10.1. The molecule has 0 aliphatic carbocycles. The van der Waals surface area contributed by atoms with Crippen molar-refractivity contribution in [1.82, 2.24) is 14.8 Å². The molecule has 5 nitrogen and oxygen atoms in total. The Hall–Kier alpha value is -3.45. The van der Waals surface area contributed by atoms with Gasteiger partial charge in [-0.1, -0.05) is 30.3 Å². The van der Waals surface area contributed by atoms with Crippen molar-refractivity contribution in [1.29, 1.82) is 0 Å². The van der Waals surface area contributed by atoms with Gasteiger partial charge in [-0.25, -0.2) is 9.07 Å². The summed E-state index contributed by atoms with van der Waals surface area (Å²) in [6.45, 7) is 0. The number of rotatable bonds is 2. The van der Waals surface area contributed by atoms with Crippen LogP contribution >= 0.6 is 11.3 Å². The molecular weight excluding hydrogens is 387 g/mol. The molecule has 0 saturated heterocycles. The molecule has 0 radical (unpaired) electrons. The van der Waals surface area contributed by atoms with Gasteiger partial charge in [0.1, 0.15) is 30.0 Å². The van der Waals surface area contributed by atoms with Gasteiger partial charge in [-0.2, -0.15) is 10.1 Å². The number of ether oxygens (including phenoxy) is 1. The van der Waals surface area contributed by atoms with Crippen molar-refractivity contribution in [2.75, 3.05) is 5.32 Å². The van der Waals surface area contributed by atoms with Crippen molar-refractivity contribution in [3.63, 3.8) is 0 Å². The lowest BCUT2D eigenvalue weighted by molar-refractivity contribution is 0.223. The van der Waals surface area contributed by atoms with E-state index in [9.17, 15) is 4.39 Å². The molecule has 2 aliphatic heterocycles. The third-order valence-corrected chi connectivity index (χ3v) is 6.23. The highest BCUT2D eigenvalue weighted by Crippen LogP contribution is 2.51. The number of fused-ring (bicyclic) bond motifs is 3. The summed E-state index contributed by atoms with van der Waals surface area (Å²) in [5, 5.41) is 10.00. The van der Waals surface area contributed by atoms with E-state index in [1.165, 1.54) is 12.1 Å². The number of nitrogens with one attached hydrogen (secondary N) is 1. The summed E-state index contributed by atoms with van der Waals surface area (Å²) in [7, 11) is 0. The minimum absolute atomic E-state index is 0.160. The molecule has 29 heavy (non-hydrogen) atoms. The van der Waals surface area contributed by atoms with Crippen LogP contribution in [0.5, 0.6) is 5.75 Å². The Morgan fingerprint density at radius 2 is 1.90 bits per heavy atom. The number of halogens is 1. The van der Waals surface area contributed by atoms with Gasteiger partial charge in [0.2, 0.25) is 5.95 Å². The van der Waals surface area contributed by atoms with E-state index in [1.54, 1.807) is 29.8 Å². The number of aromatic nitrogens is 3. The maximum Gasteiger partial charge on any atom is 0.226 e. The van der Waals surface area contributed by atoms with Crippen LogP contribution in [0.4, 0.5) is 10.3 Å². The third-order valence-electron chi connectivity index (χ3n) is 5.31. The Morgan fingerprint density at radius 3 is 2.72 bits per heavy atom. The normalized spacial score (nSPS) is 19.6. The highest BCUT2D eigenvalue weighted by molar-refractivity contribution is 7.10. The first-order valence-electron chi connectivity index (χ1n) is 9.25. The molecule has 2 aliphatic rings. The average Bonchev–Trinajstić information content (AvgIpc) is 3.44. The molecule has 7 heteroatoms. The predicted molar refractivity (Wildman–Crippen MR) is 109 cm³/mol. The number of anilines is 1. The molecule has 0 unspecified atom stereocenters. The fourth-order valence-electron chi connectivity index (χ4n) is 4.05. The van der Waals surface area contributed by atoms with E-state index in [2.05, 4.69) is 26.8 Å². The maximum atomic E-state index is 13.6. The van der Waals surface area contributed by atoms with Gasteiger partial charge in [0, 0.05) is 16.0 Å². The smallest absolute Gasteiger partial charge is 0.226 e. The topological polar surface area (TPSA) is 52.0 Å². The molecule has 1 N–H and O–H groups in total. The summed E-state index contributed by atoms with van der Waals surface area (Å²) in [5.74, 6) is 1.21. The Labute approximate surface area is 170 Å². The van der Waals surface area contributed by atoms with E-state index in [0.717, 1.165) is 33.0 Å². The lowest BCUT2D eigenvalue weighted by Crippen LogP contribution is -2.32. The molecule has 142 valence electrons. The Morgan fingerprint density at radius 1 is 1.03 bits per heavy atom. The zero-order chi connectivity index (χ0) is 19.4. The fraction of sp³-hybridized carbons (Fsp3) is 0.0909. The van der Waals surface area contributed by atoms with Crippen molar-refractivity contribution >= 4 is 23.0 Å². The molecule has 4 aromatic rings. The Bertz CT molecular complexity index is 1230. The predicted octanol–water partition coefficient (Wildman–Crippen LogP) is 5.04. The largest absolute Gasteiger partial charge is 0.480 e. The van der Waals surface area contributed by atoms with E-state index in [1.807, 2.05) is 35.0 Å². The summed E-state index contributed by atoms with van der Waals surface area (Å²) >= 11 is 1.67. The number of thiophene rings is 1. The van der Waals surface area contributed by atoms with Crippen molar-refractivity contribution in [2.24, 2.45) is 0 Å². The van der Waals surface area contributed by atoms with Crippen molar-refractivity contribution < 1.29 is 9.13 Å². The van der Waals surface area contributed by atoms with E-state index >= 15 is 0 Å². The molecular formula is C22H15FN4OS. The summed E-state index contributed by atoms with van der Waals surface area (Å²) < 4.78 is 22.0. The molecule has 0 spiro atoms. The summed E-state index contributed by atoms with van der Waals surface area (Å²) in [6, 6.07) is 18.4. The molecule has 2 aromatic heterocycles.